The Hall–Kier alpha value is -2.83. The number of nitrogens with one attached hydrogen (secondary N) is 1. The van der Waals surface area contributed by atoms with Crippen LogP contribution in [0.3, 0.4) is 0 Å². The van der Waals surface area contributed by atoms with Crippen molar-refractivity contribution in [3.05, 3.63) is 65.7 Å². The SMILES string of the molecule is O=C(COC(=O)c1ccc(C(F)(F)F)cc1)Nc1ccccc1. The van der Waals surface area contributed by atoms with E-state index in [2.05, 4.69) is 5.32 Å². The molecule has 4 nitrogen and oxygen atoms in total. The molecule has 2 aromatic carbocycles. The van der Waals surface area contributed by atoms with E-state index in [1.54, 1.807) is 30.3 Å². The van der Waals surface area contributed by atoms with Crippen LogP contribution in [0.4, 0.5) is 18.9 Å². The second-order valence-corrected chi connectivity index (χ2v) is 4.57. The molecular formula is C16H12F3NO3. The van der Waals surface area contributed by atoms with Crippen molar-refractivity contribution in [1.82, 2.24) is 0 Å². The molecule has 23 heavy (non-hydrogen) atoms. The van der Waals surface area contributed by atoms with E-state index in [4.69, 9.17) is 4.74 Å². The number of para-hydroxylation sites is 1. The number of anilines is 1. The summed E-state index contributed by atoms with van der Waals surface area (Å²) in [5.74, 6) is -1.42. The topological polar surface area (TPSA) is 55.4 Å². The molecule has 1 amide bonds. The van der Waals surface area contributed by atoms with Gasteiger partial charge < -0.3 is 10.1 Å². The number of amides is 1. The molecule has 1 N–H and O–H groups in total. The smallest absolute Gasteiger partial charge is 0.416 e. The fourth-order valence-electron chi connectivity index (χ4n) is 1.73. The number of alkyl halides is 3. The first-order valence-corrected chi connectivity index (χ1v) is 6.55. The first-order chi connectivity index (χ1) is 10.9. The molecule has 0 saturated heterocycles. The molecule has 0 aliphatic heterocycles. The van der Waals surface area contributed by atoms with Gasteiger partial charge >= 0.3 is 12.1 Å². The Morgan fingerprint density at radius 3 is 2.13 bits per heavy atom. The van der Waals surface area contributed by atoms with Crippen LogP contribution in [0.5, 0.6) is 0 Å². The third-order valence-corrected chi connectivity index (χ3v) is 2.84. The van der Waals surface area contributed by atoms with E-state index in [1.807, 2.05) is 0 Å². The molecule has 0 spiro atoms. The first-order valence-electron chi connectivity index (χ1n) is 6.55. The maximum Gasteiger partial charge on any atom is 0.416 e. The Labute approximate surface area is 129 Å². The lowest BCUT2D eigenvalue weighted by atomic mass is 10.1. The number of hydrogen-bond acceptors (Lipinski definition) is 3. The van der Waals surface area contributed by atoms with Crippen molar-refractivity contribution in [1.29, 1.82) is 0 Å². The van der Waals surface area contributed by atoms with E-state index >= 15 is 0 Å². The van der Waals surface area contributed by atoms with Crippen LogP contribution < -0.4 is 5.32 Å². The molecule has 0 heterocycles. The summed E-state index contributed by atoms with van der Waals surface area (Å²) < 4.78 is 42.0. The molecule has 0 aliphatic rings. The van der Waals surface area contributed by atoms with Crippen molar-refractivity contribution in [3.63, 3.8) is 0 Å². The van der Waals surface area contributed by atoms with Crippen LogP contribution in [0.25, 0.3) is 0 Å². The highest BCUT2D eigenvalue weighted by molar-refractivity contribution is 5.95. The van der Waals surface area contributed by atoms with Gasteiger partial charge in [0.05, 0.1) is 11.1 Å². The predicted molar refractivity (Wildman–Crippen MR) is 76.8 cm³/mol. The van der Waals surface area contributed by atoms with Gasteiger partial charge in [-0.1, -0.05) is 18.2 Å². The highest BCUT2D eigenvalue weighted by Gasteiger charge is 2.30. The summed E-state index contributed by atoms with van der Waals surface area (Å²) in [5, 5.41) is 2.51. The number of benzene rings is 2. The van der Waals surface area contributed by atoms with Gasteiger partial charge in [0.2, 0.25) is 0 Å². The molecule has 7 heteroatoms. The Morgan fingerprint density at radius 2 is 1.57 bits per heavy atom. The van der Waals surface area contributed by atoms with Gasteiger partial charge in [-0.25, -0.2) is 4.79 Å². The zero-order chi connectivity index (χ0) is 16.9. The normalized spacial score (nSPS) is 10.9. The minimum absolute atomic E-state index is 0.0643. The van der Waals surface area contributed by atoms with Gasteiger partial charge in [-0.2, -0.15) is 13.2 Å². The van der Waals surface area contributed by atoms with Gasteiger partial charge in [0.25, 0.3) is 5.91 Å². The molecule has 0 aromatic heterocycles. The Bertz CT molecular complexity index is 682. The van der Waals surface area contributed by atoms with Crippen LogP contribution in [0.2, 0.25) is 0 Å². The zero-order valence-corrected chi connectivity index (χ0v) is 11.8. The summed E-state index contributed by atoms with van der Waals surface area (Å²) in [6.45, 7) is -0.533. The fourth-order valence-corrected chi connectivity index (χ4v) is 1.73. The fraction of sp³-hybridized carbons (Fsp3) is 0.125. The summed E-state index contributed by atoms with van der Waals surface area (Å²) in [6.07, 6.45) is -4.47. The molecule has 0 atom stereocenters. The van der Waals surface area contributed by atoms with Crippen molar-refractivity contribution in [2.75, 3.05) is 11.9 Å². The van der Waals surface area contributed by atoms with E-state index in [1.165, 1.54) is 0 Å². The summed E-state index contributed by atoms with van der Waals surface area (Å²) in [6, 6.07) is 12.1. The second kappa shape index (κ2) is 6.95. The Kier molecular flexibility index (Phi) is 5.00. The van der Waals surface area contributed by atoms with Crippen LogP contribution in [0.15, 0.2) is 54.6 Å². The van der Waals surface area contributed by atoms with Crippen LogP contribution in [0, 0.1) is 0 Å². The summed E-state index contributed by atoms with van der Waals surface area (Å²) in [5.41, 5.74) is -0.385. The average Bonchev–Trinajstić information content (AvgIpc) is 2.53. The molecule has 120 valence electrons. The highest BCUT2D eigenvalue weighted by atomic mass is 19.4. The third kappa shape index (κ3) is 4.84. The van der Waals surface area contributed by atoms with Gasteiger partial charge in [-0.3, -0.25) is 4.79 Å². The van der Waals surface area contributed by atoms with E-state index in [0.29, 0.717) is 5.69 Å². The van der Waals surface area contributed by atoms with E-state index in [-0.39, 0.29) is 5.56 Å². The number of ether oxygens (including phenoxy) is 1. The predicted octanol–water partition coefficient (Wildman–Crippen LogP) is 3.50. The van der Waals surface area contributed by atoms with Gasteiger partial charge in [0.15, 0.2) is 6.61 Å². The van der Waals surface area contributed by atoms with Crippen LogP contribution in [0.1, 0.15) is 15.9 Å². The number of rotatable bonds is 4. The van der Waals surface area contributed by atoms with Crippen molar-refractivity contribution in [2.24, 2.45) is 0 Å². The van der Waals surface area contributed by atoms with Crippen molar-refractivity contribution in [3.8, 4) is 0 Å². The maximum absolute atomic E-state index is 12.4. The zero-order valence-electron chi connectivity index (χ0n) is 11.8. The third-order valence-electron chi connectivity index (χ3n) is 2.84. The summed E-state index contributed by atoms with van der Waals surface area (Å²) in [4.78, 5) is 23.3. The molecule has 2 rings (SSSR count). The van der Waals surface area contributed by atoms with Crippen LogP contribution in [-0.2, 0) is 15.7 Å². The highest BCUT2D eigenvalue weighted by Crippen LogP contribution is 2.29. The molecule has 0 fully saturated rings. The number of esters is 1. The molecular weight excluding hydrogens is 311 g/mol. The van der Waals surface area contributed by atoms with Crippen LogP contribution in [-0.4, -0.2) is 18.5 Å². The molecule has 0 bridgehead atoms. The largest absolute Gasteiger partial charge is 0.452 e. The lowest BCUT2D eigenvalue weighted by Gasteiger charge is -2.08. The Morgan fingerprint density at radius 1 is 0.957 bits per heavy atom. The summed E-state index contributed by atoms with van der Waals surface area (Å²) >= 11 is 0. The van der Waals surface area contributed by atoms with Gasteiger partial charge in [-0.15, -0.1) is 0 Å². The average molecular weight is 323 g/mol. The molecule has 0 saturated carbocycles. The van der Waals surface area contributed by atoms with E-state index in [9.17, 15) is 22.8 Å². The quantitative estimate of drug-likeness (QED) is 0.876. The van der Waals surface area contributed by atoms with Crippen molar-refractivity contribution >= 4 is 17.6 Å². The molecule has 2 aromatic rings. The number of halogens is 3. The van der Waals surface area contributed by atoms with E-state index < -0.39 is 30.2 Å². The second-order valence-electron chi connectivity index (χ2n) is 4.57. The van der Waals surface area contributed by atoms with Gasteiger partial charge in [0.1, 0.15) is 0 Å². The number of hydrogen-bond donors (Lipinski definition) is 1. The molecule has 0 aliphatic carbocycles. The van der Waals surface area contributed by atoms with Gasteiger partial charge in [-0.05, 0) is 36.4 Å². The minimum Gasteiger partial charge on any atom is -0.452 e. The molecule has 0 unspecified atom stereocenters. The maximum atomic E-state index is 12.4. The van der Waals surface area contributed by atoms with Crippen LogP contribution >= 0.6 is 0 Å². The standard InChI is InChI=1S/C16H12F3NO3/c17-16(18,19)12-8-6-11(7-9-12)15(22)23-10-14(21)20-13-4-2-1-3-5-13/h1-9H,10H2,(H,20,21). The van der Waals surface area contributed by atoms with Crippen molar-refractivity contribution in [2.45, 2.75) is 6.18 Å². The lowest BCUT2D eigenvalue weighted by molar-refractivity contribution is -0.137. The number of carbonyl (C=O) groups is 2. The van der Waals surface area contributed by atoms with E-state index in [0.717, 1.165) is 24.3 Å². The van der Waals surface area contributed by atoms with Crippen molar-refractivity contribution < 1.29 is 27.5 Å². The summed E-state index contributed by atoms with van der Waals surface area (Å²) in [7, 11) is 0. The lowest BCUT2D eigenvalue weighted by Crippen LogP contribution is -2.20. The van der Waals surface area contributed by atoms with Gasteiger partial charge in [0, 0.05) is 5.69 Å². The molecule has 0 radical (unpaired) electrons. The Balaban J connectivity index is 1.88. The number of carbonyl (C=O) groups excluding carboxylic acids is 2. The monoisotopic (exact) mass is 323 g/mol. The first kappa shape index (κ1) is 16.5. The minimum atomic E-state index is -4.47.